The summed E-state index contributed by atoms with van der Waals surface area (Å²) in [4.78, 5) is 14.6. The molecule has 2 N–H and O–H groups in total. The van der Waals surface area contributed by atoms with Crippen molar-refractivity contribution in [2.24, 2.45) is 11.1 Å². The molecule has 2 bridgehead atoms. The molecule has 4 aliphatic rings. The van der Waals surface area contributed by atoms with Crippen LogP contribution in [0.25, 0.3) is 0 Å². The summed E-state index contributed by atoms with van der Waals surface area (Å²) in [6, 6.07) is 0.417. The Labute approximate surface area is 128 Å². The second kappa shape index (κ2) is 4.87. The zero-order valence-electron chi connectivity index (χ0n) is 13.8. The largest absolute Gasteiger partial charge is 0.444 e. The van der Waals surface area contributed by atoms with Crippen LogP contribution in [0.3, 0.4) is 0 Å². The molecule has 0 saturated heterocycles. The van der Waals surface area contributed by atoms with Crippen LogP contribution in [0.2, 0.25) is 0 Å². The molecule has 0 radical (unpaired) electrons. The van der Waals surface area contributed by atoms with E-state index in [0.717, 1.165) is 38.6 Å². The van der Waals surface area contributed by atoms with Crippen LogP contribution >= 0.6 is 0 Å². The quantitative estimate of drug-likeness (QED) is 0.867. The topological polar surface area (TPSA) is 55.6 Å². The van der Waals surface area contributed by atoms with Crippen LogP contribution in [0.15, 0.2) is 0 Å². The van der Waals surface area contributed by atoms with Gasteiger partial charge in [-0.3, -0.25) is 0 Å². The molecule has 4 saturated carbocycles. The van der Waals surface area contributed by atoms with E-state index in [0.29, 0.717) is 11.5 Å². The number of nitrogens with zero attached hydrogens (tertiary/aromatic N) is 1. The highest BCUT2D eigenvalue weighted by molar-refractivity contribution is 5.69. The highest BCUT2D eigenvalue weighted by Gasteiger charge is 2.49. The second-order valence-electron chi connectivity index (χ2n) is 8.70. The van der Waals surface area contributed by atoms with Crippen LogP contribution in [0, 0.1) is 5.41 Å². The fraction of sp³-hybridized carbons (Fsp3) is 0.941. The number of carbonyl (C=O) groups excluding carboxylic acids is 1. The Morgan fingerprint density at radius 1 is 1.14 bits per heavy atom. The number of nitrogens with two attached hydrogens (primary N) is 1. The summed E-state index contributed by atoms with van der Waals surface area (Å²) in [5, 5.41) is 0. The van der Waals surface area contributed by atoms with Crippen LogP contribution in [-0.4, -0.2) is 34.7 Å². The van der Waals surface area contributed by atoms with E-state index in [1.54, 1.807) is 0 Å². The predicted octanol–water partition coefficient (Wildman–Crippen LogP) is 3.44. The van der Waals surface area contributed by atoms with Crippen LogP contribution < -0.4 is 5.73 Å². The summed E-state index contributed by atoms with van der Waals surface area (Å²) in [7, 11) is 0. The van der Waals surface area contributed by atoms with Crippen molar-refractivity contribution in [1.29, 1.82) is 0 Å². The molecule has 4 fully saturated rings. The first-order valence-corrected chi connectivity index (χ1v) is 8.49. The van der Waals surface area contributed by atoms with E-state index in [1.165, 1.54) is 19.3 Å². The van der Waals surface area contributed by atoms with Crippen molar-refractivity contribution in [3.8, 4) is 0 Å². The van der Waals surface area contributed by atoms with Crippen LogP contribution in [0.5, 0.6) is 0 Å². The molecule has 21 heavy (non-hydrogen) atoms. The average Bonchev–Trinajstić information content (AvgIpc) is 3.20. The first kappa shape index (κ1) is 15.1. The minimum atomic E-state index is -0.409. The molecule has 4 aliphatic carbocycles. The summed E-state index contributed by atoms with van der Waals surface area (Å²) in [6.07, 6.45) is 9.06. The molecule has 0 heterocycles. The molecule has 0 unspecified atom stereocenters. The van der Waals surface area contributed by atoms with Gasteiger partial charge in [-0.2, -0.15) is 0 Å². The molecule has 0 aromatic heterocycles. The average molecular weight is 294 g/mol. The summed E-state index contributed by atoms with van der Waals surface area (Å²) in [6.45, 7) is 6.71. The van der Waals surface area contributed by atoms with Crippen molar-refractivity contribution >= 4 is 6.09 Å². The molecular formula is C17H30N2O2. The van der Waals surface area contributed by atoms with E-state index in [9.17, 15) is 4.79 Å². The summed E-state index contributed by atoms with van der Waals surface area (Å²) in [5.74, 6) is 0. The third kappa shape index (κ3) is 3.36. The Morgan fingerprint density at radius 3 is 2.10 bits per heavy atom. The van der Waals surface area contributed by atoms with Gasteiger partial charge in [0, 0.05) is 18.1 Å². The maximum absolute atomic E-state index is 12.5. The van der Waals surface area contributed by atoms with Gasteiger partial charge in [0.05, 0.1) is 0 Å². The summed E-state index contributed by atoms with van der Waals surface area (Å²) in [5.41, 5.74) is 6.39. The zero-order chi connectivity index (χ0) is 15.3. The SMILES string of the molecule is CC(C)(C)OC(=O)N(CC12CCC(N)(CC1)CC2)C1CC1. The van der Waals surface area contributed by atoms with Gasteiger partial charge in [-0.1, -0.05) is 0 Å². The minimum Gasteiger partial charge on any atom is -0.444 e. The Kier molecular flexibility index (Phi) is 3.51. The highest BCUT2D eigenvalue weighted by Crippen LogP contribution is 2.52. The van der Waals surface area contributed by atoms with Gasteiger partial charge in [-0.25, -0.2) is 4.79 Å². The number of hydrogen-bond acceptors (Lipinski definition) is 3. The molecule has 0 atom stereocenters. The van der Waals surface area contributed by atoms with Crippen LogP contribution in [-0.2, 0) is 4.74 Å². The van der Waals surface area contributed by atoms with Gasteiger partial charge in [-0.15, -0.1) is 0 Å². The van der Waals surface area contributed by atoms with Crippen molar-refractivity contribution in [2.75, 3.05) is 6.54 Å². The van der Waals surface area contributed by atoms with Gasteiger partial charge in [-0.05, 0) is 77.6 Å². The lowest BCUT2D eigenvalue weighted by Gasteiger charge is -2.53. The lowest BCUT2D eigenvalue weighted by Crippen LogP contribution is -2.56. The van der Waals surface area contributed by atoms with E-state index in [-0.39, 0.29) is 11.6 Å². The first-order chi connectivity index (χ1) is 9.71. The van der Waals surface area contributed by atoms with E-state index in [1.807, 2.05) is 25.7 Å². The van der Waals surface area contributed by atoms with Crippen molar-refractivity contribution < 1.29 is 9.53 Å². The van der Waals surface area contributed by atoms with Gasteiger partial charge in [0.15, 0.2) is 0 Å². The first-order valence-electron chi connectivity index (χ1n) is 8.49. The molecule has 0 aliphatic heterocycles. The van der Waals surface area contributed by atoms with Gasteiger partial charge in [0.25, 0.3) is 0 Å². The molecular weight excluding hydrogens is 264 g/mol. The van der Waals surface area contributed by atoms with Crippen molar-refractivity contribution in [1.82, 2.24) is 4.90 Å². The maximum Gasteiger partial charge on any atom is 0.410 e. The fourth-order valence-corrected chi connectivity index (χ4v) is 3.94. The number of hydrogen-bond donors (Lipinski definition) is 1. The Hall–Kier alpha value is -0.770. The summed E-state index contributed by atoms with van der Waals surface area (Å²) < 4.78 is 5.63. The number of fused-ring (bicyclic) bond motifs is 3. The normalized spacial score (nSPS) is 35.6. The Balaban J connectivity index is 1.67. The highest BCUT2D eigenvalue weighted by atomic mass is 16.6. The number of carbonyl (C=O) groups is 1. The monoisotopic (exact) mass is 294 g/mol. The summed E-state index contributed by atoms with van der Waals surface area (Å²) >= 11 is 0. The zero-order valence-corrected chi connectivity index (χ0v) is 13.8. The van der Waals surface area contributed by atoms with Crippen LogP contribution in [0.4, 0.5) is 4.79 Å². The molecule has 0 spiro atoms. The molecule has 0 aromatic carbocycles. The smallest absolute Gasteiger partial charge is 0.410 e. The molecule has 0 aromatic rings. The number of rotatable bonds is 3. The molecule has 1 amide bonds. The molecule has 4 heteroatoms. The van der Waals surface area contributed by atoms with Crippen LogP contribution in [0.1, 0.15) is 72.1 Å². The van der Waals surface area contributed by atoms with Crippen molar-refractivity contribution in [3.05, 3.63) is 0 Å². The van der Waals surface area contributed by atoms with E-state index >= 15 is 0 Å². The Morgan fingerprint density at radius 2 is 1.67 bits per heavy atom. The number of ether oxygens (including phenoxy) is 1. The third-order valence-corrected chi connectivity index (χ3v) is 5.58. The van der Waals surface area contributed by atoms with E-state index in [2.05, 4.69) is 0 Å². The van der Waals surface area contributed by atoms with E-state index < -0.39 is 5.60 Å². The lowest BCUT2D eigenvalue weighted by atomic mass is 9.57. The second-order valence-corrected chi connectivity index (χ2v) is 8.70. The molecule has 120 valence electrons. The Bertz CT molecular complexity index is 398. The van der Waals surface area contributed by atoms with E-state index in [4.69, 9.17) is 10.5 Å². The van der Waals surface area contributed by atoms with Crippen molar-refractivity contribution in [3.63, 3.8) is 0 Å². The molecule has 4 nitrogen and oxygen atoms in total. The number of amides is 1. The molecule has 4 rings (SSSR count). The van der Waals surface area contributed by atoms with Gasteiger partial charge in [0.2, 0.25) is 0 Å². The predicted molar refractivity (Wildman–Crippen MR) is 83.0 cm³/mol. The van der Waals surface area contributed by atoms with Gasteiger partial charge in [0.1, 0.15) is 5.60 Å². The minimum absolute atomic E-state index is 0.0953. The lowest BCUT2D eigenvalue weighted by molar-refractivity contribution is -0.0136. The van der Waals surface area contributed by atoms with Gasteiger partial charge < -0.3 is 15.4 Å². The maximum atomic E-state index is 12.5. The fourth-order valence-electron chi connectivity index (χ4n) is 3.94. The van der Waals surface area contributed by atoms with Crippen molar-refractivity contribution in [2.45, 2.75) is 89.3 Å². The standard InChI is InChI=1S/C17H30N2O2/c1-15(2,3)21-14(20)19(13-4-5-13)12-16-6-9-17(18,10-7-16)11-8-16/h13H,4-12,18H2,1-3H3. The third-order valence-electron chi connectivity index (χ3n) is 5.58. The van der Waals surface area contributed by atoms with Gasteiger partial charge >= 0.3 is 6.09 Å².